The van der Waals surface area contributed by atoms with Crippen LogP contribution in [0.1, 0.15) is 32.1 Å². The number of carbonyl (C=O) groups is 3. The maximum absolute atomic E-state index is 12.6. The van der Waals surface area contributed by atoms with Crippen molar-refractivity contribution in [3.8, 4) is 5.75 Å². The van der Waals surface area contributed by atoms with Gasteiger partial charge in [0.25, 0.3) is 0 Å². The monoisotopic (exact) mass is 543 g/mol. The van der Waals surface area contributed by atoms with E-state index in [0.717, 1.165) is 10.6 Å². The van der Waals surface area contributed by atoms with Crippen LogP contribution in [0.25, 0.3) is 0 Å². The number of amides is 2. The number of nitrogens with one attached hydrogen (secondary N) is 2. The number of nitrogens with two attached hydrogens (primary N) is 1. The van der Waals surface area contributed by atoms with Gasteiger partial charge in [0.15, 0.2) is 0 Å². The first-order chi connectivity index (χ1) is 17.1. The highest BCUT2D eigenvalue weighted by atomic mass is 32.1. The minimum absolute atomic E-state index is 0.0351. The van der Waals surface area contributed by atoms with Crippen LogP contribution in [0.5, 0.6) is 5.75 Å². The number of hydrogen-bond acceptors (Lipinski definition) is 6. The molecule has 1 heterocycles. The van der Waals surface area contributed by atoms with Crippen LogP contribution in [-0.4, -0.2) is 48.3 Å². The number of carboxylic acids is 1. The van der Waals surface area contributed by atoms with Gasteiger partial charge in [-0.05, 0) is 47.5 Å². The van der Waals surface area contributed by atoms with Crippen molar-refractivity contribution in [1.29, 1.82) is 0 Å². The van der Waals surface area contributed by atoms with E-state index in [0.29, 0.717) is 18.5 Å². The van der Waals surface area contributed by atoms with E-state index in [-0.39, 0.29) is 23.3 Å². The molecule has 0 aliphatic rings. The summed E-state index contributed by atoms with van der Waals surface area (Å²) in [4.78, 5) is 34.9. The number of benzene rings is 1. The van der Waals surface area contributed by atoms with Crippen LogP contribution in [0.3, 0.4) is 0 Å². The van der Waals surface area contributed by atoms with Gasteiger partial charge < -0.3 is 26.2 Å². The van der Waals surface area contributed by atoms with Gasteiger partial charge >= 0.3 is 12.1 Å². The van der Waals surface area contributed by atoms with E-state index in [9.17, 15) is 22.8 Å². The molecule has 2 rings (SSSR count). The molecule has 12 heteroatoms. The number of rotatable bonds is 9. The summed E-state index contributed by atoms with van der Waals surface area (Å²) in [6, 6.07) is 10.1. The molecular formula is C25H32F3N3O5S. The van der Waals surface area contributed by atoms with E-state index >= 15 is 0 Å². The van der Waals surface area contributed by atoms with Crippen molar-refractivity contribution in [2.45, 2.75) is 51.9 Å². The summed E-state index contributed by atoms with van der Waals surface area (Å²) < 4.78 is 36.8. The Bertz CT molecular complexity index is 1030. The number of anilines is 1. The van der Waals surface area contributed by atoms with Gasteiger partial charge in [0, 0.05) is 29.1 Å². The minimum atomic E-state index is -5.08. The zero-order valence-electron chi connectivity index (χ0n) is 21.0. The molecule has 0 fully saturated rings. The van der Waals surface area contributed by atoms with E-state index in [1.54, 1.807) is 48.8 Å². The lowest BCUT2D eigenvalue weighted by Crippen LogP contribution is -2.46. The Morgan fingerprint density at radius 1 is 1.14 bits per heavy atom. The standard InChI is InChI=1S/C23H31N3O3S.C2HF3O2/c1-23(2,3)15-17(26-22(28)20(24)14-19-6-5-13-30-19)9-12-21(27)25-16-7-10-18(29-4)11-8-16;3-2(4,5)1(6)7/h5-13,17,20H,14-15,24H2,1-4H3,(H,25,27)(H,26,28);(H,6,7)/b12-9+;/t17-,20+;/m1./s1. The molecule has 1 aromatic heterocycles. The molecule has 0 bridgehead atoms. The quantitative estimate of drug-likeness (QED) is 0.348. The molecule has 0 saturated carbocycles. The minimum Gasteiger partial charge on any atom is -0.497 e. The third-order valence-corrected chi connectivity index (χ3v) is 5.48. The van der Waals surface area contributed by atoms with Gasteiger partial charge in [0.1, 0.15) is 5.75 Å². The van der Waals surface area contributed by atoms with Gasteiger partial charge in [-0.2, -0.15) is 13.2 Å². The summed E-state index contributed by atoms with van der Waals surface area (Å²) >= 11 is 1.58. The van der Waals surface area contributed by atoms with Gasteiger partial charge in [0.2, 0.25) is 11.8 Å². The second-order valence-electron chi connectivity index (χ2n) is 9.15. The maximum Gasteiger partial charge on any atom is 0.490 e. The normalized spacial score (nSPS) is 13.2. The highest BCUT2D eigenvalue weighted by Gasteiger charge is 2.38. The topological polar surface area (TPSA) is 131 Å². The summed E-state index contributed by atoms with van der Waals surface area (Å²) in [6.45, 7) is 6.26. The average Bonchev–Trinajstić information content (AvgIpc) is 3.29. The van der Waals surface area contributed by atoms with E-state index in [2.05, 4.69) is 31.4 Å². The van der Waals surface area contributed by atoms with Crippen molar-refractivity contribution in [3.05, 3.63) is 58.8 Å². The molecule has 1 aromatic carbocycles. The van der Waals surface area contributed by atoms with Crippen molar-refractivity contribution in [2.24, 2.45) is 11.1 Å². The SMILES string of the molecule is COc1ccc(NC(=O)/C=C/[C@H](CC(C)(C)C)NC(=O)[C@@H](N)Cc2cccs2)cc1.O=C(O)C(F)(F)F. The zero-order valence-corrected chi connectivity index (χ0v) is 21.8. The van der Waals surface area contributed by atoms with Crippen LogP contribution < -0.4 is 21.1 Å². The molecule has 0 saturated heterocycles. The van der Waals surface area contributed by atoms with Crippen molar-refractivity contribution in [3.63, 3.8) is 0 Å². The first-order valence-electron chi connectivity index (χ1n) is 11.1. The molecule has 204 valence electrons. The van der Waals surface area contributed by atoms with Crippen molar-refractivity contribution < 1.29 is 37.4 Å². The fourth-order valence-corrected chi connectivity index (χ4v) is 3.68. The molecule has 0 spiro atoms. The number of carboxylic acid groups (broad SMARTS) is 1. The number of methoxy groups -OCH3 is 1. The third-order valence-electron chi connectivity index (χ3n) is 4.58. The molecule has 0 aliphatic carbocycles. The van der Waals surface area contributed by atoms with Crippen molar-refractivity contribution in [1.82, 2.24) is 5.32 Å². The summed E-state index contributed by atoms with van der Waals surface area (Å²) in [6.07, 6.45) is -0.740. The third kappa shape index (κ3) is 13.5. The Balaban J connectivity index is 0.000000856. The molecule has 0 unspecified atom stereocenters. The Morgan fingerprint density at radius 3 is 2.19 bits per heavy atom. The molecule has 2 aromatic rings. The number of alkyl halides is 3. The van der Waals surface area contributed by atoms with Crippen molar-refractivity contribution >= 4 is 34.8 Å². The van der Waals surface area contributed by atoms with Gasteiger partial charge in [-0.1, -0.05) is 32.9 Å². The highest BCUT2D eigenvalue weighted by molar-refractivity contribution is 7.09. The van der Waals surface area contributed by atoms with E-state index in [4.69, 9.17) is 20.4 Å². The Hall–Kier alpha value is -3.38. The summed E-state index contributed by atoms with van der Waals surface area (Å²) in [5.74, 6) is -2.53. The second kappa shape index (κ2) is 14.4. The summed E-state index contributed by atoms with van der Waals surface area (Å²) in [5, 5.41) is 14.9. The number of ether oxygens (including phenoxy) is 1. The van der Waals surface area contributed by atoms with E-state index in [1.807, 2.05) is 17.5 Å². The predicted molar refractivity (Wildman–Crippen MR) is 136 cm³/mol. The lowest BCUT2D eigenvalue weighted by atomic mass is 9.87. The van der Waals surface area contributed by atoms with Crippen LogP contribution >= 0.6 is 11.3 Å². The van der Waals surface area contributed by atoms with Gasteiger partial charge in [-0.3, -0.25) is 9.59 Å². The van der Waals surface area contributed by atoms with Gasteiger partial charge in [-0.15, -0.1) is 11.3 Å². The number of halogens is 3. The molecule has 2 amide bonds. The molecule has 8 nitrogen and oxygen atoms in total. The number of aliphatic carboxylic acids is 1. The lowest BCUT2D eigenvalue weighted by molar-refractivity contribution is -0.192. The largest absolute Gasteiger partial charge is 0.497 e. The first-order valence-corrected chi connectivity index (χ1v) is 12.0. The molecule has 37 heavy (non-hydrogen) atoms. The number of hydrogen-bond donors (Lipinski definition) is 4. The molecule has 2 atom stereocenters. The van der Waals surface area contributed by atoms with Crippen LogP contribution in [0.15, 0.2) is 53.9 Å². The Labute approximate surface area is 217 Å². The van der Waals surface area contributed by atoms with E-state index in [1.165, 1.54) is 6.08 Å². The molecular weight excluding hydrogens is 511 g/mol. The fourth-order valence-electron chi connectivity index (χ4n) is 2.92. The van der Waals surface area contributed by atoms with Crippen LogP contribution in [-0.2, 0) is 20.8 Å². The smallest absolute Gasteiger partial charge is 0.490 e. The Kier molecular flexibility index (Phi) is 12.3. The van der Waals surface area contributed by atoms with Crippen LogP contribution in [0, 0.1) is 5.41 Å². The lowest BCUT2D eigenvalue weighted by Gasteiger charge is -2.25. The summed E-state index contributed by atoms with van der Waals surface area (Å²) in [7, 11) is 1.59. The van der Waals surface area contributed by atoms with Crippen LogP contribution in [0.2, 0.25) is 0 Å². The van der Waals surface area contributed by atoms with Gasteiger partial charge in [-0.25, -0.2) is 4.79 Å². The molecule has 0 aliphatic heterocycles. The van der Waals surface area contributed by atoms with Crippen LogP contribution in [0.4, 0.5) is 18.9 Å². The average molecular weight is 544 g/mol. The fraction of sp³-hybridized carbons (Fsp3) is 0.400. The zero-order chi connectivity index (χ0) is 28.2. The van der Waals surface area contributed by atoms with Crippen molar-refractivity contribution in [2.75, 3.05) is 12.4 Å². The summed E-state index contributed by atoms with van der Waals surface area (Å²) in [5.41, 5.74) is 6.71. The maximum atomic E-state index is 12.6. The van der Waals surface area contributed by atoms with Gasteiger partial charge in [0.05, 0.1) is 13.2 Å². The molecule has 5 N–H and O–H groups in total. The predicted octanol–water partition coefficient (Wildman–Crippen LogP) is 4.38. The molecule has 0 radical (unpaired) electrons. The van der Waals surface area contributed by atoms with E-state index < -0.39 is 18.2 Å². The first kappa shape index (κ1) is 31.6. The number of thiophene rings is 1. The highest BCUT2D eigenvalue weighted by Crippen LogP contribution is 2.22. The Morgan fingerprint density at radius 2 is 1.73 bits per heavy atom. The number of carbonyl (C=O) groups excluding carboxylic acids is 2. The second-order valence-corrected chi connectivity index (χ2v) is 10.2.